The highest BCUT2D eigenvalue weighted by Gasteiger charge is 2.34. The van der Waals surface area contributed by atoms with Crippen molar-refractivity contribution >= 4 is 17.2 Å². The van der Waals surface area contributed by atoms with Crippen molar-refractivity contribution < 1.29 is 18.0 Å². The van der Waals surface area contributed by atoms with Gasteiger partial charge in [-0.15, -0.1) is 11.3 Å². The summed E-state index contributed by atoms with van der Waals surface area (Å²) in [6, 6.07) is 0. The highest BCUT2D eigenvalue weighted by Crippen LogP contribution is 2.22. The van der Waals surface area contributed by atoms with Crippen LogP contribution in [-0.2, 0) is 6.42 Å². The van der Waals surface area contributed by atoms with Crippen LogP contribution >= 0.6 is 11.3 Å². The van der Waals surface area contributed by atoms with Crippen LogP contribution < -0.4 is 11.1 Å². The number of carbonyl (C=O) groups excluding carboxylic acids is 1. The molecule has 2 heterocycles. The van der Waals surface area contributed by atoms with Crippen LogP contribution in [0.1, 0.15) is 21.9 Å². The Labute approximate surface area is 130 Å². The molecular weight excluding hydrogens is 317 g/mol. The number of hydrogen-bond donors (Lipinski definition) is 2. The number of carbonyl (C=O) groups is 1. The average molecular weight is 336 g/mol. The summed E-state index contributed by atoms with van der Waals surface area (Å²) in [5, 5.41) is 5.23. The molecule has 0 spiro atoms. The lowest BCUT2D eigenvalue weighted by molar-refractivity contribution is -0.143. The SMILES string of the molecule is NCCc1nc(C(=O)NCC2CCN(CC(F)(F)F)C2)cs1. The predicted molar refractivity (Wildman–Crippen MR) is 77.8 cm³/mol. The van der Waals surface area contributed by atoms with Crippen molar-refractivity contribution in [3.8, 4) is 0 Å². The summed E-state index contributed by atoms with van der Waals surface area (Å²) in [6.07, 6.45) is -2.88. The lowest BCUT2D eigenvalue weighted by Crippen LogP contribution is -2.34. The molecule has 1 aromatic rings. The molecule has 2 rings (SSSR count). The normalized spacial score (nSPS) is 19.5. The molecule has 0 aromatic carbocycles. The van der Waals surface area contributed by atoms with Crippen LogP contribution in [0.15, 0.2) is 5.38 Å². The molecule has 0 radical (unpaired) electrons. The quantitative estimate of drug-likeness (QED) is 0.820. The number of amides is 1. The smallest absolute Gasteiger partial charge is 0.350 e. The third-order valence-electron chi connectivity index (χ3n) is 3.47. The molecule has 3 N–H and O–H groups in total. The Bertz CT molecular complexity index is 506. The number of nitrogens with zero attached hydrogens (tertiary/aromatic N) is 2. The first kappa shape index (κ1) is 17.2. The molecule has 0 saturated carbocycles. The van der Waals surface area contributed by atoms with E-state index in [2.05, 4.69) is 10.3 Å². The minimum Gasteiger partial charge on any atom is -0.350 e. The van der Waals surface area contributed by atoms with Gasteiger partial charge in [0.1, 0.15) is 5.69 Å². The molecule has 0 bridgehead atoms. The number of hydrogen-bond acceptors (Lipinski definition) is 5. The number of nitrogens with one attached hydrogen (secondary N) is 1. The molecule has 5 nitrogen and oxygen atoms in total. The zero-order chi connectivity index (χ0) is 16.2. The van der Waals surface area contributed by atoms with Gasteiger partial charge in [-0.25, -0.2) is 4.98 Å². The summed E-state index contributed by atoms with van der Waals surface area (Å²) < 4.78 is 36.9. The van der Waals surface area contributed by atoms with Crippen molar-refractivity contribution in [3.63, 3.8) is 0 Å². The number of halogens is 3. The number of alkyl halides is 3. The molecular formula is C13H19F3N4OS. The lowest BCUT2D eigenvalue weighted by Gasteiger charge is -2.17. The third-order valence-corrected chi connectivity index (χ3v) is 4.38. The summed E-state index contributed by atoms with van der Waals surface area (Å²) in [7, 11) is 0. The zero-order valence-electron chi connectivity index (χ0n) is 12.0. The van der Waals surface area contributed by atoms with Gasteiger partial charge in [0, 0.05) is 24.9 Å². The van der Waals surface area contributed by atoms with E-state index in [1.54, 1.807) is 5.38 Å². The van der Waals surface area contributed by atoms with E-state index >= 15 is 0 Å². The van der Waals surface area contributed by atoms with Gasteiger partial charge in [0.05, 0.1) is 11.6 Å². The maximum Gasteiger partial charge on any atom is 0.401 e. The number of aromatic nitrogens is 1. The zero-order valence-corrected chi connectivity index (χ0v) is 12.8. The van der Waals surface area contributed by atoms with Crippen LogP contribution in [0, 0.1) is 5.92 Å². The van der Waals surface area contributed by atoms with Gasteiger partial charge in [-0.05, 0) is 25.4 Å². The standard InChI is InChI=1S/C13H19F3N4OS/c14-13(15,16)8-20-4-2-9(6-20)5-18-12(21)10-7-22-11(19-10)1-3-17/h7,9H,1-6,8,17H2,(H,18,21). The van der Waals surface area contributed by atoms with Crippen LogP contribution in [0.5, 0.6) is 0 Å². The van der Waals surface area contributed by atoms with E-state index in [1.165, 1.54) is 16.2 Å². The Morgan fingerprint density at radius 1 is 1.55 bits per heavy atom. The number of likely N-dealkylation sites (tertiary alicyclic amines) is 1. The van der Waals surface area contributed by atoms with E-state index in [0.29, 0.717) is 44.7 Å². The van der Waals surface area contributed by atoms with Crippen LogP contribution in [0.3, 0.4) is 0 Å². The Morgan fingerprint density at radius 2 is 2.32 bits per heavy atom. The number of thiazole rings is 1. The first-order valence-electron chi connectivity index (χ1n) is 7.09. The molecule has 1 fully saturated rings. The van der Waals surface area contributed by atoms with Gasteiger partial charge < -0.3 is 11.1 Å². The van der Waals surface area contributed by atoms with Crippen LogP contribution in [-0.4, -0.2) is 54.7 Å². The number of rotatable bonds is 6. The average Bonchev–Trinajstić information content (AvgIpc) is 3.04. The van der Waals surface area contributed by atoms with E-state index in [0.717, 1.165) is 5.01 Å². The van der Waals surface area contributed by atoms with Gasteiger partial charge >= 0.3 is 6.18 Å². The predicted octanol–water partition coefficient (Wildman–Crippen LogP) is 1.26. The molecule has 124 valence electrons. The van der Waals surface area contributed by atoms with E-state index < -0.39 is 12.7 Å². The highest BCUT2D eigenvalue weighted by atomic mass is 32.1. The summed E-state index contributed by atoms with van der Waals surface area (Å²) in [6.45, 7) is 0.737. The van der Waals surface area contributed by atoms with Gasteiger partial charge in [-0.2, -0.15) is 13.2 Å². The highest BCUT2D eigenvalue weighted by molar-refractivity contribution is 7.09. The number of nitrogens with two attached hydrogens (primary N) is 1. The van der Waals surface area contributed by atoms with Crippen LogP contribution in [0.2, 0.25) is 0 Å². The van der Waals surface area contributed by atoms with Crippen molar-refractivity contribution in [1.82, 2.24) is 15.2 Å². The molecule has 1 saturated heterocycles. The van der Waals surface area contributed by atoms with Gasteiger partial charge in [0.25, 0.3) is 5.91 Å². The monoisotopic (exact) mass is 336 g/mol. The van der Waals surface area contributed by atoms with E-state index in [4.69, 9.17) is 5.73 Å². The first-order valence-corrected chi connectivity index (χ1v) is 7.97. The van der Waals surface area contributed by atoms with Crippen molar-refractivity contribution in [2.45, 2.75) is 19.0 Å². The topological polar surface area (TPSA) is 71.2 Å². The molecule has 1 unspecified atom stereocenters. The Morgan fingerprint density at radius 3 is 3.00 bits per heavy atom. The Balaban J connectivity index is 1.75. The molecule has 22 heavy (non-hydrogen) atoms. The third kappa shape index (κ3) is 5.22. The first-order chi connectivity index (χ1) is 10.4. The second-order valence-electron chi connectivity index (χ2n) is 5.38. The fraction of sp³-hybridized carbons (Fsp3) is 0.692. The molecule has 1 aromatic heterocycles. The molecule has 9 heteroatoms. The molecule has 1 aliphatic rings. The van der Waals surface area contributed by atoms with Crippen LogP contribution in [0.4, 0.5) is 13.2 Å². The van der Waals surface area contributed by atoms with Crippen molar-refractivity contribution in [2.75, 3.05) is 32.7 Å². The summed E-state index contributed by atoms with van der Waals surface area (Å²) in [5.74, 6) is -0.234. The van der Waals surface area contributed by atoms with Crippen molar-refractivity contribution in [2.24, 2.45) is 11.7 Å². The summed E-state index contributed by atoms with van der Waals surface area (Å²) in [4.78, 5) is 17.5. The summed E-state index contributed by atoms with van der Waals surface area (Å²) >= 11 is 1.38. The fourth-order valence-corrected chi connectivity index (χ4v) is 3.25. The van der Waals surface area contributed by atoms with E-state index in [1.807, 2.05) is 0 Å². The fourth-order valence-electron chi connectivity index (χ4n) is 2.46. The molecule has 1 aliphatic heterocycles. The van der Waals surface area contributed by atoms with Crippen molar-refractivity contribution in [1.29, 1.82) is 0 Å². The minimum atomic E-state index is -4.17. The molecule has 1 atom stereocenters. The minimum absolute atomic E-state index is 0.0495. The Hall–Kier alpha value is -1.19. The van der Waals surface area contributed by atoms with Gasteiger partial charge in [-0.1, -0.05) is 0 Å². The van der Waals surface area contributed by atoms with E-state index in [9.17, 15) is 18.0 Å². The van der Waals surface area contributed by atoms with Gasteiger partial charge in [0.2, 0.25) is 0 Å². The Kier molecular flexibility index (Phi) is 5.76. The maximum absolute atomic E-state index is 12.3. The van der Waals surface area contributed by atoms with Gasteiger partial charge in [-0.3, -0.25) is 9.69 Å². The summed E-state index contributed by atoms with van der Waals surface area (Å²) in [5.41, 5.74) is 5.77. The second-order valence-corrected chi connectivity index (χ2v) is 6.32. The van der Waals surface area contributed by atoms with Gasteiger partial charge in [0.15, 0.2) is 0 Å². The second kappa shape index (κ2) is 7.38. The largest absolute Gasteiger partial charge is 0.401 e. The maximum atomic E-state index is 12.3. The van der Waals surface area contributed by atoms with E-state index in [-0.39, 0.29) is 11.8 Å². The lowest BCUT2D eigenvalue weighted by atomic mass is 10.1. The van der Waals surface area contributed by atoms with Crippen LogP contribution in [0.25, 0.3) is 0 Å². The molecule has 1 amide bonds. The molecule has 0 aliphatic carbocycles. The van der Waals surface area contributed by atoms with Crippen molar-refractivity contribution in [3.05, 3.63) is 16.1 Å².